The van der Waals surface area contributed by atoms with Crippen molar-refractivity contribution in [3.05, 3.63) is 139 Å². The van der Waals surface area contributed by atoms with Crippen LogP contribution < -0.4 is 4.74 Å². The molecule has 8 aromatic rings. The largest absolute Gasteiger partial charge is 0.497 e. The smallest absolute Gasteiger partial charge is 0.119 e. The van der Waals surface area contributed by atoms with E-state index in [1.54, 1.807) is 13.2 Å². The van der Waals surface area contributed by atoms with Gasteiger partial charge in [0.25, 0.3) is 0 Å². The van der Waals surface area contributed by atoms with Crippen LogP contribution in [0.2, 0.25) is 0 Å². The van der Waals surface area contributed by atoms with Crippen LogP contribution >= 0.6 is 0 Å². The second kappa shape index (κ2) is 9.91. The molecule has 0 saturated heterocycles. The summed E-state index contributed by atoms with van der Waals surface area (Å²) < 4.78 is 10.1. The highest BCUT2D eigenvalue weighted by Crippen LogP contribution is 2.39. The van der Waals surface area contributed by atoms with Crippen LogP contribution in [0.3, 0.4) is 0 Å². The van der Waals surface area contributed by atoms with Crippen molar-refractivity contribution in [2.75, 3.05) is 7.11 Å². The molecule has 6 aromatic carbocycles. The van der Waals surface area contributed by atoms with Crippen LogP contribution in [0.1, 0.15) is 11.1 Å². The summed E-state index contributed by atoms with van der Waals surface area (Å²) in [5.41, 5.74) is 9.26. The van der Waals surface area contributed by atoms with Crippen molar-refractivity contribution in [3.63, 3.8) is 0 Å². The molecule has 44 heavy (non-hydrogen) atoms. The number of nitriles is 2. The van der Waals surface area contributed by atoms with Gasteiger partial charge in [0, 0.05) is 32.9 Å². The third-order valence-corrected chi connectivity index (χ3v) is 8.43. The molecule has 0 aliphatic carbocycles. The van der Waals surface area contributed by atoms with E-state index in [1.807, 2.05) is 36.4 Å². The number of hydrogen-bond acceptors (Lipinski definition) is 3. The van der Waals surface area contributed by atoms with Crippen LogP contribution in [-0.2, 0) is 0 Å². The van der Waals surface area contributed by atoms with E-state index in [1.165, 1.54) is 16.3 Å². The van der Waals surface area contributed by atoms with E-state index in [4.69, 9.17) is 4.74 Å². The first-order valence-corrected chi connectivity index (χ1v) is 14.3. The van der Waals surface area contributed by atoms with Crippen molar-refractivity contribution < 1.29 is 4.74 Å². The van der Waals surface area contributed by atoms with Gasteiger partial charge in [0.05, 0.1) is 52.4 Å². The molecule has 0 aliphatic rings. The van der Waals surface area contributed by atoms with E-state index < -0.39 is 0 Å². The number of para-hydroxylation sites is 2. The van der Waals surface area contributed by atoms with Gasteiger partial charge in [0.15, 0.2) is 0 Å². The average molecular weight is 565 g/mol. The predicted molar refractivity (Wildman–Crippen MR) is 177 cm³/mol. The zero-order chi connectivity index (χ0) is 29.8. The molecule has 5 nitrogen and oxygen atoms in total. The summed E-state index contributed by atoms with van der Waals surface area (Å²) in [5.74, 6) is 0.763. The Kier molecular flexibility index (Phi) is 5.72. The number of hydrogen-bond donors (Lipinski definition) is 0. The summed E-state index contributed by atoms with van der Waals surface area (Å²) in [5, 5.41) is 23.8. The SMILES string of the molecule is COc1ccc2c(c1)c1cc(-c3ccc4c5ccccc5n(-c5ccccc5)c4c3)ccc1n2-c1cc(C#N)cc(C#N)c1. The van der Waals surface area contributed by atoms with Gasteiger partial charge in [0.2, 0.25) is 0 Å². The summed E-state index contributed by atoms with van der Waals surface area (Å²) in [6.07, 6.45) is 0. The summed E-state index contributed by atoms with van der Waals surface area (Å²) in [4.78, 5) is 0. The molecular formula is C39H24N4O. The van der Waals surface area contributed by atoms with Crippen molar-refractivity contribution in [2.24, 2.45) is 0 Å². The molecule has 0 radical (unpaired) electrons. The first-order valence-electron chi connectivity index (χ1n) is 14.3. The van der Waals surface area contributed by atoms with Crippen LogP contribution in [0.5, 0.6) is 5.75 Å². The first-order chi connectivity index (χ1) is 21.7. The quantitative estimate of drug-likeness (QED) is 0.214. The molecule has 2 aromatic heterocycles. The predicted octanol–water partition coefficient (Wildman–Crippen LogP) is 9.30. The van der Waals surface area contributed by atoms with Crippen molar-refractivity contribution in [2.45, 2.75) is 0 Å². The van der Waals surface area contributed by atoms with Crippen molar-refractivity contribution in [1.82, 2.24) is 9.13 Å². The van der Waals surface area contributed by atoms with E-state index in [0.717, 1.165) is 55.6 Å². The average Bonchev–Trinajstić information content (AvgIpc) is 3.60. The normalized spacial score (nSPS) is 11.2. The molecule has 0 atom stereocenters. The Morgan fingerprint density at radius 1 is 0.477 bits per heavy atom. The Morgan fingerprint density at radius 2 is 1.07 bits per heavy atom. The number of aromatic nitrogens is 2. The molecule has 0 fully saturated rings. The molecule has 8 rings (SSSR count). The summed E-state index contributed by atoms with van der Waals surface area (Å²) in [7, 11) is 1.67. The highest BCUT2D eigenvalue weighted by molar-refractivity contribution is 6.12. The summed E-state index contributed by atoms with van der Waals surface area (Å²) >= 11 is 0. The van der Waals surface area contributed by atoms with Crippen molar-refractivity contribution in [1.29, 1.82) is 10.5 Å². The van der Waals surface area contributed by atoms with Gasteiger partial charge in [-0.2, -0.15) is 10.5 Å². The minimum Gasteiger partial charge on any atom is -0.497 e. The topological polar surface area (TPSA) is 66.7 Å². The number of benzene rings is 6. The molecule has 206 valence electrons. The number of methoxy groups -OCH3 is 1. The molecule has 0 amide bonds. The van der Waals surface area contributed by atoms with Crippen LogP contribution in [0.25, 0.3) is 66.1 Å². The molecule has 5 heteroatoms. The standard InChI is InChI=1S/C39H24N4O/c1-44-31-13-16-38-35(22-31)34-20-27(12-15-37(34)43(38)30-18-25(23-40)17-26(19-30)24-41)28-11-14-33-32-9-5-6-10-36(32)42(39(33)21-28)29-7-3-2-4-8-29/h2-22H,1H3. The lowest BCUT2D eigenvalue weighted by molar-refractivity contribution is 0.415. The van der Waals surface area contributed by atoms with Gasteiger partial charge >= 0.3 is 0 Å². The van der Waals surface area contributed by atoms with E-state index in [2.05, 4.69) is 106 Å². The minimum atomic E-state index is 0.446. The zero-order valence-electron chi connectivity index (χ0n) is 23.8. The zero-order valence-corrected chi connectivity index (χ0v) is 23.8. The lowest BCUT2D eigenvalue weighted by Crippen LogP contribution is -1.96. The Balaban J connectivity index is 1.39. The van der Waals surface area contributed by atoms with Crippen molar-refractivity contribution >= 4 is 43.6 Å². The summed E-state index contributed by atoms with van der Waals surface area (Å²) in [6, 6.07) is 47.9. The van der Waals surface area contributed by atoms with Gasteiger partial charge in [-0.05, 0) is 83.9 Å². The first kappa shape index (κ1) is 25.4. The van der Waals surface area contributed by atoms with Gasteiger partial charge in [-0.25, -0.2) is 0 Å². The van der Waals surface area contributed by atoms with Crippen LogP contribution in [0.4, 0.5) is 0 Å². The highest BCUT2D eigenvalue weighted by Gasteiger charge is 2.17. The molecule has 0 N–H and O–H groups in total. The maximum Gasteiger partial charge on any atom is 0.119 e. The Labute approximate surface area is 253 Å². The van der Waals surface area contributed by atoms with Gasteiger partial charge in [0.1, 0.15) is 5.75 Å². The van der Waals surface area contributed by atoms with Gasteiger partial charge in [-0.1, -0.05) is 54.6 Å². The van der Waals surface area contributed by atoms with E-state index in [9.17, 15) is 10.5 Å². The third kappa shape index (κ3) is 3.85. The molecule has 0 bridgehead atoms. The fourth-order valence-corrected chi connectivity index (χ4v) is 6.46. The molecule has 0 spiro atoms. The van der Waals surface area contributed by atoms with Gasteiger partial charge < -0.3 is 13.9 Å². The van der Waals surface area contributed by atoms with Crippen LogP contribution in [0, 0.1) is 22.7 Å². The Bertz CT molecular complexity index is 2470. The third-order valence-electron chi connectivity index (χ3n) is 8.43. The van der Waals surface area contributed by atoms with E-state index >= 15 is 0 Å². The monoisotopic (exact) mass is 564 g/mol. The number of rotatable bonds is 4. The van der Waals surface area contributed by atoms with Crippen LogP contribution in [0.15, 0.2) is 127 Å². The highest BCUT2D eigenvalue weighted by atomic mass is 16.5. The molecule has 0 aliphatic heterocycles. The lowest BCUT2D eigenvalue weighted by atomic mass is 10.0. The minimum absolute atomic E-state index is 0.446. The molecule has 0 unspecified atom stereocenters. The summed E-state index contributed by atoms with van der Waals surface area (Å²) in [6.45, 7) is 0. The van der Waals surface area contributed by atoms with E-state index in [0.29, 0.717) is 11.1 Å². The van der Waals surface area contributed by atoms with Gasteiger partial charge in [-0.15, -0.1) is 0 Å². The number of nitrogens with zero attached hydrogens (tertiary/aromatic N) is 4. The van der Waals surface area contributed by atoms with Crippen molar-refractivity contribution in [3.8, 4) is 40.4 Å². The second-order valence-corrected chi connectivity index (χ2v) is 10.9. The maximum absolute atomic E-state index is 9.66. The number of fused-ring (bicyclic) bond motifs is 6. The number of ether oxygens (including phenoxy) is 1. The molecule has 2 heterocycles. The van der Waals surface area contributed by atoms with Gasteiger partial charge in [-0.3, -0.25) is 0 Å². The maximum atomic E-state index is 9.66. The second-order valence-electron chi connectivity index (χ2n) is 10.9. The molecular weight excluding hydrogens is 540 g/mol. The van der Waals surface area contributed by atoms with Crippen LogP contribution in [-0.4, -0.2) is 16.2 Å². The lowest BCUT2D eigenvalue weighted by Gasteiger charge is -2.10. The molecule has 0 saturated carbocycles. The Hall–Kier alpha value is -6.30. The fraction of sp³-hybridized carbons (Fsp3) is 0.0256. The van der Waals surface area contributed by atoms with E-state index in [-0.39, 0.29) is 0 Å². The fourth-order valence-electron chi connectivity index (χ4n) is 6.46. The Morgan fingerprint density at radius 3 is 1.82 bits per heavy atom.